The van der Waals surface area contributed by atoms with Crippen LogP contribution in [0.25, 0.3) is 0 Å². The Balaban J connectivity index is 1.64. The van der Waals surface area contributed by atoms with E-state index < -0.39 is 6.09 Å². The number of ether oxygens (including phenoxy) is 1. The van der Waals surface area contributed by atoms with Crippen LogP contribution >= 0.6 is 0 Å². The molecule has 152 valence electrons. The highest BCUT2D eigenvalue weighted by atomic mass is 16.5. The fourth-order valence-corrected chi connectivity index (χ4v) is 3.79. The molecule has 1 amide bonds. The SMILES string of the molecule is CN(C)CCCCCCOC1CCC(N(Cc2ccccc2)C(=O)O)CC1. The number of carboxylic acid groups (broad SMARTS) is 1. The van der Waals surface area contributed by atoms with Crippen molar-refractivity contribution in [1.82, 2.24) is 9.80 Å². The Kier molecular flexibility index (Phi) is 9.64. The highest BCUT2D eigenvalue weighted by molar-refractivity contribution is 5.65. The summed E-state index contributed by atoms with van der Waals surface area (Å²) in [5.74, 6) is 0. The maximum absolute atomic E-state index is 11.7. The smallest absolute Gasteiger partial charge is 0.407 e. The minimum atomic E-state index is -0.819. The molecule has 0 aliphatic heterocycles. The second-order valence-corrected chi connectivity index (χ2v) is 7.91. The monoisotopic (exact) mass is 376 g/mol. The molecule has 5 nitrogen and oxygen atoms in total. The molecule has 27 heavy (non-hydrogen) atoms. The number of carbonyl (C=O) groups is 1. The molecule has 0 atom stereocenters. The van der Waals surface area contributed by atoms with Crippen LogP contribution in [0.4, 0.5) is 4.79 Å². The van der Waals surface area contributed by atoms with Crippen molar-refractivity contribution in [1.29, 1.82) is 0 Å². The third-order valence-corrected chi connectivity index (χ3v) is 5.38. The number of rotatable bonds is 11. The number of amides is 1. The van der Waals surface area contributed by atoms with Gasteiger partial charge in [-0.05, 0) is 64.7 Å². The first kappa shape index (κ1) is 21.7. The molecule has 1 N–H and O–H groups in total. The number of nitrogens with zero attached hydrogens (tertiary/aromatic N) is 2. The summed E-state index contributed by atoms with van der Waals surface area (Å²) in [5.41, 5.74) is 1.05. The predicted octanol–water partition coefficient (Wildman–Crippen LogP) is 4.62. The highest BCUT2D eigenvalue weighted by Gasteiger charge is 2.29. The fourth-order valence-electron chi connectivity index (χ4n) is 3.79. The summed E-state index contributed by atoms with van der Waals surface area (Å²) in [6.45, 7) is 2.47. The van der Waals surface area contributed by atoms with E-state index in [0.717, 1.165) is 50.8 Å². The Hall–Kier alpha value is -1.59. The maximum atomic E-state index is 11.7. The number of hydrogen-bond acceptors (Lipinski definition) is 3. The molecular weight excluding hydrogens is 340 g/mol. The maximum Gasteiger partial charge on any atom is 0.407 e. The molecule has 0 radical (unpaired) electrons. The zero-order valence-corrected chi connectivity index (χ0v) is 17.0. The van der Waals surface area contributed by atoms with Gasteiger partial charge in [-0.1, -0.05) is 43.2 Å². The molecule has 0 spiro atoms. The van der Waals surface area contributed by atoms with Gasteiger partial charge in [0.1, 0.15) is 0 Å². The second-order valence-electron chi connectivity index (χ2n) is 7.91. The largest absolute Gasteiger partial charge is 0.465 e. The van der Waals surface area contributed by atoms with Crippen LogP contribution < -0.4 is 0 Å². The molecule has 0 bridgehead atoms. The molecule has 0 heterocycles. The molecule has 0 saturated heterocycles. The van der Waals surface area contributed by atoms with E-state index in [9.17, 15) is 9.90 Å². The second kappa shape index (κ2) is 12.0. The molecule has 0 unspecified atom stereocenters. The van der Waals surface area contributed by atoms with Gasteiger partial charge >= 0.3 is 6.09 Å². The number of benzene rings is 1. The van der Waals surface area contributed by atoms with Gasteiger partial charge in [0, 0.05) is 19.2 Å². The lowest BCUT2D eigenvalue weighted by Gasteiger charge is -2.35. The minimum absolute atomic E-state index is 0.105. The van der Waals surface area contributed by atoms with Crippen LogP contribution in [0.5, 0.6) is 0 Å². The first-order valence-electron chi connectivity index (χ1n) is 10.4. The zero-order chi connectivity index (χ0) is 19.5. The molecule has 0 aromatic heterocycles. The molecule has 1 fully saturated rings. The van der Waals surface area contributed by atoms with Gasteiger partial charge in [0.2, 0.25) is 0 Å². The Morgan fingerprint density at radius 3 is 2.33 bits per heavy atom. The summed E-state index contributed by atoms with van der Waals surface area (Å²) in [4.78, 5) is 15.6. The van der Waals surface area contributed by atoms with Crippen LogP contribution in [-0.4, -0.2) is 60.4 Å². The van der Waals surface area contributed by atoms with E-state index in [1.165, 1.54) is 19.3 Å². The van der Waals surface area contributed by atoms with Gasteiger partial charge in [-0.2, -0.15) is 0 Å². The average Bonchev–Trinajstić information content (AvgIpc) is 2.66. The molecule has 1 aromatic carbocycles. The van der Waals surface area contributed by atoms with Gasteiger partial charge in [-0.25, -0.2) is 4.79 Å². The van der Waals surface area contributed by atoms with Gasteiger partial charge in [-0.15, -0.1) is 0 Å². The van der Waals surface area contributed by atoms with Crippen molar-refractivity contribution in [3.63, 3.8) is 0 Å². The Bertz CT molecular complexity index is 528. The summed E-state index contributed by atoms with van der Waals surface area (Å²) >= 11 is 0. The van der Waals surface area contributed by atoms with Crippen molar-refractivity contribution in [2.75, 3.05) is 27.2 Å². The molecule has 1 aliphatic rings. The third-order valence-electron chi connectivity index (χ3n) is 5.38. The van der Waals surface area contributed by atoms with Crippen LogP contribution in [0.3, 0.4) is 0 Å². The van der Waals surface area contributed by atoms with Crippen molar-refractivity contribution in [3.05, 3.63) is 35.9 Å². The summed E-state index contributed by atoms with van der Waals surface area (Å²) in [7, 11) is 4.23. The summed E-state index contributed by atoms with van der Waals surface area (Å²) in [5, 5.41) is 9.62. The van der Waals surface area contributed by atoms with Gasteiger partial charge in [0.15, 0.2) is 0 Å². The van der Waals surface area contributed by atoms with E-state index in [0.29, 0.717) is 12.6 Å². The van der Waals surface area contributed by atoms with Gasteiger partial charge in [0.25, 0.3) is 0 Å². The highest BCUT2D eigenvalue weighted by Crippen LogP contribution is 2.26. The summed E-state index contributed by atoms with van der Waals surface area (Å²) in [6, 6.07) is 9.96. The lowest BCUT2D eigenvalue weighted by atomic mass is 9.91. The molecule has 1 aromatic rings. The van der Waals surface area contributed by atoms with E-state index in [2.05, 4.69) is 19.0 Å². The predicted molar refractivity (Wildman–Crippen MR) is 109 cm³/mol. The van der Waals surface area contributed by atoms with Crippen molar-refractivity contribution in [2.45, 2.75) is 70.1 Å². The zero-order valence-electron chi connectivity index (χ0n) is 17.0. The van der Waals surface area contributed by atoms with Crippen LogP contribution in [-0.2, 0) is 11.3 Å². The minimum Gasteiger partial charge on any atom is -0.465 e. The Morgan fingerprint density at radius 1 is 1.04 bits per heavy atom. The van der Waals surface area contributed by atoms with Crippen LogP contribution in [0, 0.1) is 0 Å². The van der Waals surface area contributed by atoms with Crippen molar-refractivity contribution < 1.29 is 14.6 Å². The van der Waals surface area contributed by atoms with E-state index in [1.807, 2.05) is 30.3 Å². The lowest BCUT2D eigenvalue weighted by Crippen LogP contribution is -2.42. The fraction of sp³-hybridized carbons (Fsp3) is 0.682. The van der Waals surface area contributed by atoms with E-state index in [1.54, 1.807) is 4.90 Å². The summed E-state index contributed by atoms with van der Waals surface area (Å²) < 4.78 is 6.04. The first-order chi connectivity index (χ1) is 13.1. The van der Waals surface area contributed by atoms with E-state index >= 15 is 0 Å². The number of unbranched alkanes of at least 4 members (excludes halogenated alkanes) is 3. The lowest BCUT2D eigenvalue weighted by molar-refractivity contribution is 0.00600. The van der Waals surface area contributed by atoms with Crippen LogP contribution in [0.15, 0.2) is 30.3 Å². The first-order valence-corrected chi connectivity index (χ1v) is 10.4. The summed E-state index contributed by atoms with van der Waals surface area (Å²) in [6.07, 6.45) is 8.07. The molecular formula is C22H36N2O3. The van der Waals surface area contributed by atoms with Gasteiger partial charge in [0.05, 0.1) is 6.10 Å². The number of hydrogen-bond donors (Lipinski definition) is 1. The van der Waals surface area contributed by atoms with Crippen LogP contribution in [0.2, 0.25) is 0 Å². The van der Waals surface area contributed by atoms with Crippen molar-refractivity contribution in [2.24, 2.45) is 0 Å². The normalized spacial score (nSPS) is 20.0. The van der Waals surface area contributed by atoms with E-state index in [4.69, 9.17) is 4.74 Å². The Morgan fingerprint density at radius 2 is 1.70 bits per heavy atom. The Labute approximate surface area is 164 Å². The molecule has 2 rings (SSSR count). The molecule has 5 heteroatoms. The quantitative estimate of drug-likeness (QED) is 0.573. The standard InChI is InChI=1S/C22H36N2O3/c1-23(2)16-8-3-4-9-17-27-21-14-12-20(13-15-21)24(22(25)26)18-19-10-6-5-7-11-19/h5-7,10-11,20-21H,3-4,8-9,12-18H2,1-2H3,(H,25,26). The molecule has 1 saturated carbocycles. The van der Waals surface area contributed by atoms with E-state index in [-0.39, 0.29) is 6.04 Å². The van der Waals surface area contributed by atoms with Crippen LogP contribution in [0.1, 0.15) is 56.9 Å². The van der Waals surface area contributed by atoms with Crippen molar-refractivity contribution >= 4 is 6.09 Å². The average molecular weight is 377 g/mol. The topological polar surface area (TPSA) is 53.0 Å². The van der Waals surface area contributed by atoms with Gasteiger partial charge < -0.3 is 19.6 Å². The van der Waals surface area contributed by atoms with Crippen molar-refractivity contribution in [3.8, 4) is 0 Å². The van der Waals surface area contributed by atoms with Gasteiger partial charge in [-0.3, -0.25) is 0 Å². The molecule has 1 aliphatic carbocycles. The third kappa shape index (κ3) is 8.31.